The fraction of sp³-hybridized carbons (Fsp3) is 0.231. The molecule has 0 aliphatic rings. The lowest BCUT2D eigenvalue weighted by atomic mass is 10.1. The quantitative estimate of drug-likeness (QED) is 0.806. The Hall–Kier alpha value is -1.77. The molecule has 2 rings (SSSR count). The number of aromatic amines is 1. The van der Waals surface area contributed by atoms with Gasteiger partial charge in [0.1, 0.15) is 10.8 Å². The second kappa shape index (κ2) is 5.92. The van der Waals surface area contributed by atoms with Crippen LogP contribution in [0, 0.1) is 6.92 Å². The molecule has 0 saturated heterocycles. The summed E-state index contributed by atoms with van der Waals surface area (Å²) in [5.41, 5.74) is 7.10. The Morgan fingerprint density at radius 2 is 2.19 bits per heavy atom. The van der Waals surface area contributed by atoms with Crippen molar-refractivity contribution in [3.05, 3.63) is 47.4 Å². The van der Waals surface area contributed by atoms with Gasteiger partial charge in [0, 0.05) is 19.2 Å². The molecule has 0 radical (unpaired) electrons. The van der Waals surface area contributed by atoms with Crippen molar-refractivity contribution in [3.8, 4) is 0 Å². The van der Waals surface area contributed by atoms with Crippen LogP contribution in [0.4, 0.5) is 0 Å². The first kappa shape index (κ1) is 15.6. The summed E-state index contributed by atoms with van der Waals surface area (Å²) in [7, 11) is -2.09. The number of nitrogens with zero attached hydrogens (tertiary/aromatic N) is 2. The van der Waals surface area contributed by atoms with Crippen LogP contribution in [0.15, 0.2) is 35.5 Å². The van der Waals surface area contributed by atoms with Gasteiger partial charge >= 0.3 is 0 Å². The molecule has 8 heteroatoms. The molecule has 0 atom stereocenters. The highest BCUT2D eigenvalue weighted by molar-refractivity contribution is 7.89. The molecule has 0 fully saturated rings. The molecule has 0 bridgehead atoms. The average molecular weight is 324 g/mol. The van der Waals surface area contributed by atoms with E-state index >= 15 is 0 Å². The predicted molar refractivity (Wildman–Crippen MR) is 84.3 cm³/mol. The largest absolute Gasteiger partial charge is 0.389 e. The zero-order valence-corrected chi connectivity index (χ0v) is 13.3. The Bertz CT molecular complexity index is 768. The van der Waals surface area contributed by atoms with E-state index in [1.807, 2.05) is 6.07 Å². The SMILES string of the molecule is Cc1ncc(S(=O)(=O)N(C)Cc2cccc(C(N)=S)c2)[nH]1. The Labute approximate surface area is 129 Å². The van der Waals surface area contributed by atoms with Gasteiger partial charge in [0.25, 0.3) is 10.0 Å². The van der Waals surface area contributed by atoms with Gasteiger partial charge in [-0.05, 0) is 18.6 Å². The first-order chi connectivity index (χ1) is 9.80. The van der Waals surface area contributed by atoms with Crippen molar-refractivity contribution in [1.82, 2.24) is 14.3 Å². The Balaban J connectivity index is 2.23. The second-order valence-corrected chi connectivity index (χ2v) is 7.11. The van der Waals surface area contributed by atoms with E-state index in [0.717, 1.165) is 5.56 Å². The lowest BCUT2D eigenvalue weighted by Crippen LogP contribution is -2.27. The highest BCUT2D eigenvalue weighted by Crippen LogP contribution is 2.15. The molecule has 3 N–H and O–H groups in total. The van der Waals surface area contributed by atoms with Crippen LogP contribution in [-0.4, -0.2) is 34.7 Å². The second-order valence-electron chi connectivity index (χ2n) is 4.66. The summed E-state index contributed by atoms with van der Waals surface area (Å²) in [4.78, 5) is 6.93. The van der Waals surface area contributed by atoms with E-state index in [9.17, 15) is 8.42 Å². The number of thiocarbonyl (C=S) groups is 1. The molecule has 1 aromatic carbocycles. The summed E-state index contributed by atoms with van der Waals surface area (Å²) in [5.74, 6) is 0.553. The Kier molecular flexibility index (Phi) is 4.40. The molecule has 1 aromatic heterocycles. The van der Waals surface area contributed by atoms with E-state index < -0.39 is 10.0 Å². The monoisotopic (exact) mass is 324 g/mol. The minimum absolute atomic E-state index is 0.0769. The Morgan fingerprint density at radius 1 is 1.48 bits per heavy atom. The Morgan fingerprint density at radius 3 is 2.76 bits per heavy atom. The molecule has 0 spiro atoms. The van der Waals surface area contributed by atoms with Crippen molar-refractivity contribution in [2.24, 2.45) is 5.73 Å². The first-order valence-corrected chi connectivity index (χ1v) is 8.02. The van der Waals surface area contributed by atoms with Crippen molar-refractivity contribution in [1.29, 1.82) is 0 Å². The number of sulfonamides is 1. The number of nitrogens with one attached hydrogen (secondary N) is 1. The van der Waals surface area contributed by atoms with E-state index in [-0.39, 0.29) is 16.6 Å². The van der Waals surface area contributed by atoms with Crippen LogP contribution in [0.3, 0.4) is 0 Å². The number of hydrogen-bond donors (Lipinski definition) is 2. The van der Waals surface area contributed by atoms with Gasteiger partial charge in [-0.2, -0.15) is 4.31 Å². The lowest BCUT2D eigenvalue weighted by Gasteiger charge is -2.16. The van der Waals surface area contributed by atoms with E-state index in [4.69, 9.17) is 18.0 Å². The molecule has 0 saturated carbocycles. The molecule has 21 heavy (non-hydrogen) atoms. The summed E-state index contributed by atoms with van der Waals surface area (Å²) in [5, 5.41) is 0.0769. The van der Waals surface area contributed by atoms with Crippen molar-refractivity contribution >= 4 is 27.2 Å². The van der Waals surface area contributed by atoms with E-state index in [0.29, 0.717) is 11.4 Å². The minimum Gasteiger partial charge on any atom is -0.389 e. The first-order valence-electron chi connectivity index (χ1n) is 6.17. The molecule has 6 nitrogen and oxygen atoms in total. The maximum absolute atomic E-state index is 12.4. The number of aryl methyl sites for hydroxylation is 1. The van der Waals surface area contributed by atoms with Gasteiger partial charge in [-0.25, -0.2) is 13.4 Å². The van der Waals surface area contributed by atoms with Crippen LogP contribution in [0.25, 0.3) is 0 Å². The summed E-state index contributed by atoms with van der Waals surface area (Å²) >= 11 is 4.92. The van der Waals surface area contributed by atoms with Crippen LogP contribution in [0.2, 0.25) is 0 Å². The summed E-state index contributed by atoms with van der Waals surface area (Å²) in [6, 6.07) is 7.20. The predicted octanol–water partition coefficient (Wildman–Crippen LogP) is 1.17. The number of benzene rings is 1. The van der Waals surface area contributed by atoms with Crippen molar-refractivity contribution < 1.29 is 8.42 Å². The van der Waals surface area contributed by atoms with E-state index in [1.54, 1.807) is 25.1 Å². The number of hydrogen-bond acceptors (Lipinski definition) is 4. The molecule has 0 unspecified atom stereocenters. The zero-order chi connectivity index (χ0) is 15.6. The molecule has 2 aromatic rings. The smallest absolute Gasteiger partial charge is 0.260 e. The van der Waals surface area contributed by atoms with Crippen molar-refractivity contribution in [2.45, 2.75) is 18.5 Å². The average Bonchev–Trinajstić information content (AvgIpc) is 2.86. The number of aromatic nitrogens is 2. The fourth-order valence-corrected chi connectivity index (χ4v) is 3.11. The molecular weight excluding hydrogens is 308 g/mol. The third-order valence-electron chi connectivity index (χ3n) is 2.98. The van der Waals surface area contributed by atoms with Crippen LogP contribution in [0.5, 0.6) is 0 Å². The minimum atomic E-state index is -3.60. The van der Waals surface area contributed by atoms with Crippen LogP contribution >= 0.6 is 12.2 Å². The van der Waals surface area contributed by atoms with Gasteiger partial charge in [-0.1, -0.05) is 30.4 Å². The van der Waals surface area contributed by atoms with Gasteiger partial charge in [0.05, 0.1) is 6.20 Å². The standard InChI is InChI=1S/C13H16N4O2S2/c1-9-15-7-12(16-9)21(18,19)17(2)8-10-4-3-5-11(6-10)13(14)20/h3-7H,8H2,1-2H3,(H2,14,20)(H,15,16). The molecule has 0 aliphatic carbocycles. The van der Waals surface area contributed by atoms with Crippen molar-refractivity contribution in [3.63, 3.8) is 0 Å². The third-order valence-corrected chi connectivity index (χ3v) is 4.93. The van der Waals surface area contributed by atoms with Crippen molar-refractivity contribution in [2.75, 3.05) is 7.05 Å². The molecule has 1 heterocycles. The van der Waals surface area contributed by atoms with Crippen LogP contribution < -0.4 is 5.73 Å². The van der Waals surface area contributed by atoms with Crippen LogP contribution in [0.1, 0.15) is 17.0 Å². The highest BCUT2D eigenvalue weighted by Gasteiger charge is 2.22. The normalized spacial score (nSPS) is 11.8. The van der Waals surface area contributed by atoms with Gasteiger partial charge in [0.15, 0.2) is 5.03 Å². The number of imidazole rings is 1. The van der Waals surface area contributed by atoms with Gasteiger partial charge in [0.2, 0.25) is 0 Å². The number of rotatable bonds is 5. The lowest BCUT2D eigenvalue weighted by molar-refractivity contribution is 0.464. The van der Waals surface area contributed by atoms with E-state index in [2.05, 4.69) is 9.97 Å². The van der Waals surface area contributed by atoms with Gasteiger partial charge in [-0.3, -0.25) is 0 Å². The highest BCUT2D eigenvalue weighted by atomic mass is 32.2. The summed E-state index contributed by atoms with van der Waals surface area (Å²) in [6.45, 7) is 1.92. The van der Waals surface area contributed by atoms with Crippen LogP contribution in [-0.2, 0) is 16.6 Å². The maximum Gasteiger partial charge on any atom is 0.260 e. The van der Waals surface area contributed by atoms with Gasteiger partial charge < -0.3 is 10.7 Å². The van der Waals surface area contributed by atoms with Gasteiger partial charge in [-0.15, -0.1) is 0 Å². The number of nitrogens with two attached hydrogens (primary N) is 1. The molecule has 0 amide bonds. The number of H-pyrrole nitrogens is 1. The maximum atomic E-state index is 12.4. The summed E-state index contributed by atoms with van der Waals surface area (Å²) < 4.78 is 26.0. The zero-order valence-electron chi connectivity index (χ0n) is 11.7. The third kappa shape index (κ3) is 3.46. The summed E-state index contributed by atoms with van der Waals surface area (Å²) in [6.07, 6.45) is 1.31. The molecular formula is C13H16N4O2S2. The topological polar surface area (TPSA) is 92.1 Å². The fourth-order valence-electron chi connectivity index (χ4n) is 1.86. The molecule has 112 valence electrons. The van der Waals surface area contributed by atoms with E-state index in [1.165, 1.54) is 17.5 Å². The molecule has 0 aliphatic heterocycles.